The predicted octanol–water partition coefficient (Wildman–Crippen LogP) is 1.00. The number of aromatic nitrogens is 1. The highest BCUT2D eigenvalue weighted by Crippen LogP contribution is 2.24. The van der Waals surface area contributed by atoms with Crippen LogP contribution in [0, 0.1) is 16.0 Å². The molecule has 0 aromatic carbocycles. The van der Waals surface area contributed by atoms with Crippen LogP contribution in [0.3, 0.4) is 0 Å². The first-order chi connectivity index (χ1) is 13.5. The van der Waals surface area contributed by atoms with E-state index in [0.717, 1.165) is 11.9 Å². The molecule has 2 aliphatic heterocycles. The molecule has 4 heterocycles. The third kappa shape index (κ3) is 3.40. The monoisotopic (exact) mass is 385 g/mol. The lowest BCUT2D eigenvalue weighted by atomic mass is 9.97. The van der Waals surface area contributed by atoms with Gasteiger partial charge >= 0.3 is 5.88 Å². The summed E-state index contributed by atoms with van der Waals surface area (Å²) in [5.74, 6) is -0.283. The Morgan fingerprint density at radius 2 is 1.82 bits per heavy atom. The topological polar surface area (TPSA) is 113 Å². The van der Waals surface area contributed by atoms with E-state index in [0.29, 0.717) is 39.3 Å². The molecule has 2 aromatic heterocycles. The van der Waals surface area contributed by atoms with Crippen molar-refractivity contribution in [2.75, 3.05) is 44.2 Å². The molecule has 10 heteroatoms. The lowest BCUT2D eigenvalue weighted by Crippen LogP contribution is -2.59. The van der Waals surface area contributed by atoms with Gasteiger partial charge in [0.2, 0.25) is 5.91 Å². The molecule has 0 radical (unpaired) electrons. The Morgan fingerprint density at radius 3 is 2.43 bits per heavy atom. The van der Waals surface area contributed by atoms with Gasteiger partial charge in [0, 0.05) is 45.5 Å². The number of hydrogen-bond donors (Lipinski definition) is 0. The largest absolute Gasteiger partial charge is 0.433 e. The minimum atomic E-state index is -0.691. The molecule has 0 saturated carbocycles. The normalized spacial score (nSPS) is 17.4. The van der Waals surface area contributed by atoms with Gasteiger partial charge in [-0.1, -0.05) is 6.07 Å². The number of carbonyl (C=O) groups is 2. The molecule has 0 atom stereocenters. The van der Waals surface area contributed by atoms with Crippen molar-refractivity contribution in [1.29, 1.82) is 0 Å². The Labute approximate surface area is 160 Å². The number of furan rings is 1. The van der Waals surface area contributed by atoms with Gasteiger partial charge in [0.1, 0.15) is 10.7 Å². The Balaban J connectivity index is 1.27. The highest BCUT2D eigenvalue weighted by atomic mass is 16.6. The summed E-state index contributed by atoms with van der Waals surface area (Å²) in [6, 6.07) is 8.19. The summed E-state index contributed by atoms with van der Waals surface area (Å²) in [5.41, 5.74) is 0. The average molecular weight is 385 g/mol. The standard InChI is InChI=1S/C18H19N5O5/c24-17(21-9-7-20(8-10-21)15-3-1-2-6-19-15)13-11-22(12-13)18(25)14-4-5-16(28-14)23(26)27/h1-6,13H,7-12H2. The van der Waals surface area contributed by atoms with Crippen LogP contribution in [-0.4, -0.2) is 70.8 Å². The number of anilines is 1. The fraction of sp³-hybridized carbons (Fsp3) is 0.389. The van der Waals surface area contributed by atoms with Crippen LogP contribution in [0.4, 0.5) is 11.7 Å². The molecule has 2 aliphatic rings. The van der Waals surface area contributed by atoms with E-state index in [1.165, 1.54) is 11.0 Å². The number of hydrogen-bond acceptors (Lipinski definition) is 7. The zero-order chi connectivity index (χ0) is 19.7. The van der Waals surface area contributed by atoms with Crippen LogP contribution < -0.4 is 4.90 Å². The molecule has 0 bridgehead atoms. The second kappa shape index (κ2) is 7.29. The predicted molar refractivity (Wildman–Crippen MR) is 97.8 cm³/mol. The molecule has 0 aliphatic carbocycles. The maximum absolute atomic E-state index is 12.7. The van der Waals surface area contributed by atoms with E-state index < -0.39 is 16.7 Å². The van der Waals surface area contributed by atoms with E-state index in [9.17, 15) is 19.7 Å². The maximum atomic E-state index is 12.7. The lowest BCUT2D eigenvalue weighted by Gasteiger charge is -2.42. The molecule has 28 heavy (non-hydrogen) atoms. The Kier molecular flexibility index (Phi) is 4.68. The van der Waals surface area contributed by atoms with Crippen LogP contribution in [0.2, 0.25) is 0 Å². The molecule has 2 saturated heterocycles. The zero-order valence-corrected chi connectivity index (χ0v) is 15.1. The minimum Gasteiger partial charge on any atom is -0.395 e. The minimum absolute atomic E-state index is 0.0372. The summed E-state index contributed by atoms with van der Waals surface area (Å²) in [7, 11) is 0. The smallest absolute Gasteiger partial charge is 0.395 e. The molecular formula is C18H19N5O5. The molecule has 2 amide bonds. The maximum Gasteiger partial charge on any atom is 0.433 e. The first-order valence-corrected chi connectivity index (χ1v) is 9.01. The van der Waals surface area contributed by atoms with E-state index in [1.54, 1.807) is 6.20 Å². The van der Waals surface area contributed by atoms with Gasteiger partial charge in [0.15, 0.2) is 5.76 Å². The number of nitro groups is 1. The Hall–Kier alpha value is -3.43. The number of amides is 2. The van der Waals surface area contributed by atoms with E-state index in [4.69, 9.17) is 4.42 Å². The van der Waals surface area contributed by atoms with E-state index in [-0.39, 0.29) is 17.6 Å². The van der Waals surface area contributed by atoms with Gasteiger partial charge in [-0.05, 0) is 18.2 Å². The highest BCUT2D eigenvalue weighted by molar-refractivity contribution is 5.94. The van der Waals surface area contributed by atoms with Crippen LogP contribution in [0.1, 0.15) is 10.6 Å². The molecule has 4 rings (SSSR count). The number of likely N-dealkylation sites (tertiary alicyclic amines) is 1. The fourth-order valence-electron chi connectivity index (χ4n) is 3.45. The summed E-state index contributed by atoms with van der Waals surface area (Å²) in [5, 5.41) is 10.6. The van der Waals surface area contributed by atoms with Crippen molar-refractivity contribution in [2.24, 2.45) is 5.92 Å². The van der Waals surface area contributed by atoms with E-state index in [1.807, 2.05) is 23.1 Å². The van der Waals surface area contributed by atoms with Crippen molar-refractivity contribution in [1.82, 2.24) is 14.8 Å². The van der Waals surface area contributed by atoms with Crippen molar-refractivity contribution in [2.45, 2.75) is 0 Å². The zero-order valence-electron chi connectivity index (χ0n) is 15.1. The van der Waals surface area contributed by atoms with Gasteiger partial charge in [-0.2, -0.15) is 0 Å². The van der Waals surface area contributed by atoms with Gasteiger partial charge < -0.3 is 19.1 Å². The van der Waals surface area contributed by atoms with Crippen molar-refractivity contribution in [3.63, 3.8) is 0 Å². The first-order valence-electron chi connectivity index (χ1n) is 9.01. The van der Waals surface area contributed by atoms with Gasteiger partial charge in [0.05, 0.1) is 12.0 Å². The van der Waals surface area contributed by atoms with Crippen molar-refractivity contribution < 1.29 is 18.9 Å². The van der Waals surface area contributed by atoms with Gasteiger partial charge in [-0.15, -0.1) is 0 Å². The number of piperazine rings is 1. The summed E-state index contributed by atoms with van der Waals surface area (Å²) in [6.07, 6.45) is 1.75. The van der Waals surface area contributed by atoms with E-state index in [2.05, 4.69) is 9.88 Å². The third-order valence-corrected chi connectivity index (χ3v) is 5.07. The summed E-state index contributed by atoms with van der Waals surface area (Å²) >= 11 is 0. The first kappa shape index (κ1) is 18.0. The highest BCUT2D eigenvalue weighted by Gasteiger charge is 2.40. The van der Waals surface area contributed by atoms with Gasteiger partial charge in [-0.3, -0.25) is 19.7 Å². The summed E-state index contributed by atoms with van der Waals surface area (Å²) in [6.45, 7) is 3.26. The van der Waals surface area contributed by atoms with Crippen LogP contribution >= 0.6 is 0 Å². The van der Waals surface area contributed by atoms with Crippen LogP contribution in [0.15, 0.2) is 40.9 Å². The molecule has 0 unspecified atom stereocenters. The van der Waals surface area contributed by atoms with Gasteiger partial charge in [-0.25, -0.2) is 4.98 Å². The molecular weight excluding hydrogens is 366 g/mol. The number of nitrogens with zero attached hydrogens (tertiary/aromatic N) is 5. The molecule has 2 aromatic rings. The SMILES string of the molecule is O=C(c1ccc([N+](=O)[O-])o1)N1CC(C(=O)N2CCN(c3ccccn3)CC2)C1. The number of rotatable bonds is 4. The second-order valence-electron chi connectivity index (χ2n) is 6.80. The van der Waals surface area contributed by atoms with Crippen LogP contribution in [-0.2, 0) is 4.79 Å². The third-order valence-electron chi connectivity index (χ3n) is 5.07. The lowest BCUT2D eigenvalue weighted by molar-refractivity contribution is -0.402. The Morgan fingerprint density at radius 1 is 1.07 bits per heavy atom. The van der Waals surface area contributed by atoms with Crippen molar-refractivity contribution in [3.8, 4) is 0 Å². The summed E-state index contributed by atoms with van der Waals surface area (Å²) in [4.78, 5) is 44.7. The van der Waals surface area contributed by atoms with Crippen molar-refractivity contribution in [3.05, 3.63) is 52.4 Å². The number of pyridine rings is 1. The second-order valence-corrected chi connectivity index (χ2v) is 6.80. The Bertz CT molecular complexity index is 885. The van der Waals surface area contributed by atoms with E-state index >= 15 is 0 Å². The van der Waals surface area contributed by atoms with Crippen LogP contribution in [0.25, 0.3) is 0 Å². The van der Waals surface area contributed by atoms with Crippen molar-refractivity contribution >= 4 is 23.5 Å². The van der Waals surface area contributed by atoms with Crippen LogP contribution in [0.5, 0.6) is 0 Å². The summed E-state index contributed by atoms with van der Waals surface area (Å²) < 4.78 is 4.93. The average Bonchev–Trinajstić information content (AvgIpc) is 3.18. The molecule has 0 spiro atoms. The van der Waals surface area contributed by atoms with Gasteiger partial charge in [0.25, 0.3) is 5.91 Å². The fourth-order valence-corrected chi connectivity index (χ4v) is 3.45. The number of carbonyl (C=O) groups excluding carboxylic acids is 2. The molecule has 10 nitrogen and oxygen atoms in total. The molecule has 2 fully saturated rings. The molecule has 146 valence electrons. The quantitative estimate of drug-likeness (QED) is 0.570. The molecule has 0 N–H and O–H groups in total.